The Balaban J connectivity index is 2.10. The molecular weight excluding hydrogens is 917 g/mol. The number of amides is 5. The number of rotatable bonds is 35. The molecule has 0 bridgehead atoms. The number of carbonyl (C=O) groups excluding carboxylic acids is 10. The Labute approximate surface area is 408 Å². The van der Waals surface area contributed by atoms with Gasteiger partial charge in [-0.05, 0) is 58.3 Å². The first-order valence-electron chi connectivity index (χ1n) is 24.5. The number of aliphatic hydroxyl groups excluding tert-OH is 2. The van der Waals surface area contributed by atoms with Gasteiger partial charge in [0, 0.05) is 70.4 Å². The number of Topliss-reactive ketones (excluding diaryl/α,β-unsaturated/α-hetero) is 5. The molecule has 2 aliphatic heterocycles. The van der Waals surface area contributed by atoms with Gasteiger partial charge >= 0.3 is 11.9 Å². The van der Waals surface area contributed by atoms with Crippen molar-refractivity contribution in [3.8, 4) is 0 Å². The van der Waals surface area contributed by atoms with Crippen molar-refractivity contribution in [3.63, 3.8) is 0 Å². The van der Waals surface area contributed by atoms with Crippen LogP contribution in [0.4, 0.5) is 0 Å². The first-order chi connectivity index (χ1) is 32.8. The van der Waals surface area contributed by atoms with E-state index in [4.69, 9.17) is 5.73 Å². The summed E-state index contributed by atoms with van der Waals surface area (Å²) in [5.41, 5.74) is 5.27. The molecule has 10 atom stereocenters. The van der Waals surface area contributed by atoms with Crippen LogP contribution in [0, 0.1) is 23.7 Å². The summed E-state index contributed by atoms with van der Waals surface area (Å²) < 4.78 is 0. The first-order valence-corrected chi connectivity index (χ1v) is 24.5. The number of primary amides is 1. The summed E-state index contributed by atoms with van der Waals surface area (Å²) in [4.78, 5) is 156. The van der Waals surface area contributed by atoms with Crippen molar-refractivity contribution in [2.45, 2.75) is 193 Å². The molecule has 0 aliphatic carbocycles. The number of nitrogens with zero attached hydrogens (tertiary/aromatic N) is 1. The normalized spacial score (nSPS) is 19.7. The first kappa shape index (κ1) is 60.6. The van der Waals surface area contributed by atoms with E-state index in [9.17, 15) is 78.0 Å². The second-order valence-corrected chi connectivity index (χ2v) is 19.3. The topological polar surface area (TPSA) is 363 Å². The second-order valence-electron chi connectivity index (χ2n) is 19.3. The lowest BCUT2D eigenvalue weighted by molar-refractivity contribution is -0.145. The molecule has 0 radical (unpaired) electrons. The maximum absolute atomic E-state index is 13.8. The Morgan fingerprint density at radius 2 is 1.37 bits per heavy atom. The molecule has 22 heteroatoms. The summed E-state index contributed by atoms with van der Waals surface area (Å²) >= 11 is 0. The van der Waals surface area contributed by atoms with Gasteiger partial charge in [0.2, 0.25) is 29.5 Å². The number of aliphatic hydroxyl groups is 2. The number of hydrogen-bond acceptors (Lipinski definition) is 15. The number of nitrogens with two attached hydrogens (primary N) is 1. The van der Waals surface area contributed by atoms with Gasteiger partial charge in [-0.1, -0.05) is 40.0 Å². The van der Waals surface area contributed by atoms with Crippen molar-refractivity contribution in [1.29, 1.82) is 0 Å². The van der Waals surface area contributed by atoms with Crippen molar-refractivity contribution in [2.75, 3.05) is 13.1 Å². The van der Waals surface area contributed by atoms with Crippen LogP contribution in [-0.4, -0.2) is 151 Å². The summed E-state index contributed by atoms with van der Waals surface area (Å²) in [6.45, 7) is 8.59. The van der Waals surface area contributed by atoms with E-state index in [0.29, 0.717) is 25.7 Å². The molecule has 10 N–H and O–H groups in total. The van der Waals surface area contributed by atoms with Gasteiger partial charge in [-0.25, -0.2) is 0 Å². The van der Waals surface area contributed by atoms with Gasteiger partial charge in [-0.2, -0.15) is 0 Å². The fourth-order valence-electron chi connectivity index (χ4n) is 8.79. The van der Waals surface area contributed by atoms with Crippen LogP contribution in [-0.2, 0) is 57.5 Å². The summed E-state index contributed by atoms with van der Waals surface area (Å²) in [6, 6.07) is -5.68. The number of unbranched alkanes of at least 4 members (excludes halogenated alkanes) is 2. The molecule has 0 saturated carbocycles. The van der Waals surface area contributed by atoms with E-state index in [1.807, 2.05) is 6.92 Å². The highest BCUT2D eigenvalue weighted by molar-refractivity contribution is 5.98. The van der Waals surface area contributed by atoms with E-state index in [1.54, 1.807) is 13.8 Å². The number of aliphatic carboxylic acids is 2. The zero-order valence-corrected chi connectivity index (χ0v) is 41.2. The van der Waals surface area contributed by atoms with Crippen LogP contribution in [0.5, 0.6) is 0 Å². The lowest BCUT2D eigenvalue weighted by atomic mass is 9.88. The maximum Gasteiger partial charge on any atom is 0.306 e. The van der Waals surface area contributed by atoms with Crippen LogP contribution < -0.4 is 27.0 Å². The fourth-order valence-corrected chi connectivity index (χ4v) is 8.79. The number of likely N-dealkylation sites (tertiary alicyclic amines) is 1. The smallest absolute Gasteiger partial charge is 0.306 e. The molecule has 394 valence electrons. The number of ketones is 5. The SMILES string of the molecule is CCCCC[C@H](CC(=O)[C@@H]1CCCN1C(=O)CCC(=O)[C@H](C)NC(=O)[C@@H](CC(=O)[C@@H](NC(=O)[C@H](CC(=O)O)CC(=O)[C@H](CCC(N)=O)NC(=O)CCC(=O)[C@@H]1C[C@@H](O)CN1)C(C)O)CC(C)C)C(=O)O. The van der Waals surface area contributed by atoms with E-state index < -0.39 is 138 Å². The number of hydrogen-bond donors (Lipinski definition) is 9. The molecule has 0 aromatic rings. The van der Waals surface area contributed by atoms with E-state index in [2.05, 4.69) is 21.3 Å². The quantitative estimate of drug-likeness (QED) is 0.0389. The Hall–Kier alpha value is -5.48. The third-order valence-corrected chi connectivity index (χ3v) is 12.8. The van der Waals surface area contributed by atoms with Crippen molar-refractivity contribution in [1.82, 2.24) is 26.2 Å². The van der Waals surface area contributed by atoms with Gasteiger partial charge in [0.1, 0.15) is 11.8 Å². The van der Waals surface area contributed by atoms with Crippen LogP contribution >= 0.6 is 0 Å². The highest BCUT2D eigenvalue weighted by Gasteiger charge is 2.38. The average Bonchev–Trinajstić information content (AvgIpc) is 3.96. The molecular formula is C48H76N6O16. The van der Waals surface area contributed by atoms with E-state index in [-0.39, 0.29) is 88.4 Å². The predicted octanol–water partition coefficient (Wildman–Crippen LogP) is 0.431. The third kappa shape index (κ3) is 21.3. The van der Waals surface area contributed by atoms with E-state index in [0.717, 1.165) is 12.8 Å². The third-order valence-electron chi connectivity index (χ3n) is 12.8. The predicted molar refractivity (Wildman–Crippen MR) is 250 cm³/mol. The van der Waals surface area contributed by atoms with E-state index >= 15 is 0 Å². The van der Waals surface area contributed by atoms with Gasteiger partial charge in [0.25, 0.3) is 0 Å². The summed E-state index contributed by atoms with van der Waals surface area (Å²) in [7, 11) is 0. The Morgan fingerprint density at radius 3 is 1.94 bits per heavy atom. The minimum absolute atomic E-state index is 0.118. The van der Waals surface area contributed by atoms with Crippen LogP contribution in [0.3, 0.4) is 0 Å². The van der Waals surface area contributed by atoms with E-state index in [1.165, 1.54) is 18.7 Å². The van der Waals surface area contributed by atoms with Crippen LogP contribution in [0.25, 0.3) is 0 Å². The monoisotopic (exact) mass is 993 g/mol. The average molecular weight is 993 g/mol. The molecule has 0 aromatic heterocycles. The minimum Gasteiger partial charge on any atom is -0.481 e. The molecule has 2 rings (SSSR count). The number of carboxylic acid groups (broad SMARTS) is 2. The lowest BCUT2D eigenvalue weighted by Crippen LogP contribution is -2.52. The molecule has 1 unspecified atom stereocenters. The summed E-state index contributed by atoms with van der Waals surface area (Å²) in [6.07, 6.45) is -2.69. The molecule has 5 amide bonds. The lowest BCUT2D eigenvalue weighted by Gasteiger charge is -2.27. The highest BCUT2D eigenvalue weighted by Crippen LogP contribution is 2.25. The minimum atomic E-state index is -1.69. The zero-order valence-electron chi connectivity index (χ0n) is 41.2. The molecule has 22 nitrogen and oxygen atoms in total. The van der Waals surface area contributed by atoms with Gasteiger partial charge in [-0.15, -0.1) is 0 Å². The Morgan fingerprint density at radius 1 is 0.714 bits per heavy atom. The van der Waals surface area contributed by atoms with Crippen molar-refractivity contribution in [2.24, 2.45) is 29.4 Å². The van der Waals surface area contributed by atoms with Gasteiger partial charge in [0.15, 0.2) is 23.1 Å². The molecule has 2 saturated heterocycles. The highest BCUT2D eigenvalue weighted by atomic mass is 16.4. The Bertz CT molecular complexity index is 1890. The molecule has 70 heavy (non-hydrogen) atoms. The summed E-state index contributed by atoms with van der Waals surface area (Å²) in [5.74, 6) is -13.1. The number of β-amino-alcohol motifs (C(OH)–C–C–N with tert-alkyl or cyclic N) is 1. The van der Waals surface area contributed by atoms with Crippen LogP contribution in [0.1, 0.15) is 150 Å². The zero-order chi connectivity index (χ0) is 52.8. The summed E-state index contributed by atoms with van der Waals surface area (Å²) in [5, 5.41) is 49.9. The largest absolute Gasteiger partial charge is 0.481 e. The molecule has 2 aliphatic rings. The Kier molecular flexibility index (Phi) is 26.2. The van der Waals surface area contributed by atoms with Crippen LogP contribution in [0.2, 0.25) is 0 Å². The molecule has 0 aromatic carbocycles. The maximum atomic E-state index is 13.8. The number of nitrogens with one attached hydrogen (secondary N) is 4. The van der Waals surface area contributed by atoms with Gasteiger partial charge < -0.3 is 52.3 Å². The van der Waals surface area contributed by atoms with Gasteiger partial charge in [0.05, 0.1) is 54.6 Å². The van der Waals surface area contributed by atoms with Gasteiger partial charge in [-0.3, -0.25) is 57.5 Å². The second kappa shape index (κ2) is 30.3. The number of carbonyl (C=O) groups is 12. The molecule has 2 fully saturated rings. The molecule has 0 spiro atoms. The molecule has 2 heterocycles. The van der Waals surface area contributed by atoms with Crippen molar-refractivity contribution in [3.05, 3.63) is 0 Å². The van der Waals surface area contributed by atoms with Crippen LogP contribution in [0.15, 0.2) is 0 Å². The van der Waals surface area contributed by atoms with Crippen molar-refractivity contribution >= 4 is 70.4 Å². The standard InChI is InChI=1S/C48H76N6O16/c1-6-7-8-10-29(48(69)70)20-39(60)35-11-9-18-54(35)43(64)17-14-36(57)27(4)51-46(67)30(19-26(2)3)22-40(61)45(28(5)55)53-47(68)31(23-44(65)66)21-38(59)33(12-15-41(49)62)52-42(63)16-13-37(58)34-24-32(56)25-50-34/h26-35,45,50,55-56H,6-25H2,1-5H3,(H2,49,62)(H,51,67)(H,52,63)(H,53,68)(H,65,66)(H,69,70)/t27-,28?,29+,30+,31-,32+,33-,34-,35-,45-/m0/s1. The fraction of sp³-hybridized carbons (Fsp3) is 0.750. The van der Waals surface area contributed by atoms with Crippen molar-refractivity contribution < 1.29 is 78.0 Å². The number of carboxylic acids is 2.